The van der Waals surface area contributed by atoms with Gasteiger partial charge in [-0.3, -0.25) is 9.69 Å². The lowest BCUT2D eigenvalue weighted by Crippen LogP contribution is -2.48. The van der Waals surface area contributed by atoms with E-state index in [-0.39, 0.29) is 5.91 Å². The summed E-state index contributed by atoms with van der Waals surface area (Å²) in [5, 5.41) is 3.80. The molecular formula is C17H22N4O2. The molecule has 3 rings (SSSR count). The third-order valence-corrected chi connectivity index (χ3v) is 4.06. The van der Waals surface area contributed by atoms with Gasteiger partial charge in [-0.05, 0) is 32.9 Å². The van der Waals surface area contributed by atoms with Crippen LogP contribution in [-0.4, -0.2) is 52.0 Å². The van der Waals surface area contributed by atoms with E-state index in [0.717, 1.165) is 42.9 Å². The summed E-state index contributed by atoms with van der Waals surface area (Å²) in [7, 11) is 0. The molecule has 1 aromatic carbocycles. The molecule has 122 valence electrons. The molecule has 23 heavy (non-hydrogen) atoms. The standard InChI is InChI=1S/C17H22N4O2/c1-12-8-13(2)10-15(9-12)17(22)21-6-4-20(5-7-21)11-16-18-14(3)19-23-16/h8-10H,4-7,11H2,1-3H3. The van der Waals surface area contributed by atoms with Gasteiger partial charge in [0.05, 0.1) is 6.54 Å². The Bertz CT molecular complexity index is 682. The highest BCUT2D eigenvalue weighted by atomic mass is 16.5. The molecule has 0 saturated carbocycles. The van der Waals surface area contributed by atoms with Crippen LogP contribution in [0.4, 0.5) is 0 Å². The second kappa shape index (κ2) is 6.50. The summed E-state index contributed by atoms with van der Waals surface area (Å²) >= 11 is 0. The molecular weight excluding hydrogens is 292 g/mol. The van der Waals surface area contributed by atoms with Crippen LogP contribution in [0.3, 0.4) is 0 Å². The number of aromatic nitrogens is 2. The molecule has 1 amide bonds. The van der Waals surface area contributed by atoms with Gasteiger partial charge in [-0.2, -0.15) is 4.98 Å². The van der Waals surface area contributed by atoms with Crippen LogP contribution < -0.4 is 0 Å². The van der Waals surface area contributed by atoms with E-state index in [2.05, 4.69) is 21.1 Å². The number of hydrogen-bond acceptors (Lipinski definition) is 5. The molecule has 2 heterocycles. The Morgan fingerprint density at radius 1 is 1.09 bits per heavy atom. The van der Waals surface area contributed by atoms with E-state index >= 15 is 0 Å². The van der Waals surface area contributed by atoms with Crippen LogP contribution >= 0.6 is 0 Å². The average molecular weight is 314 g/mol. The van der Waals surface area contributed by atoms with Gasteiger partial charge >= 0.3 is 0 Å². The first-order valence-electron chi connectivity index (χ1n) is 7.90. The van der Waals surface area contributed by atoms with Crippen LogP contribution in [0.15, 0.2) is 22.7 Å². The smallest absolute Gasteiger partial charge is 0.253 e. The molecule has 1 aliphatic heterocycles. The van der Waals surface area contributed by atoms with Crippen LogP contribution in [0.1, 0.15) is 33.2 Å². The van der Waals surface area contributed by atoms with Gasteiger partial charge in [-0.1, -0.05) is 22.3 Å². The Kier molecular flexibility index (Phi) is 4.43. The number of hydrogen-bond donors (Lipinski definition) is 0. The van der Waals surface area contributed by atoms with Crippen LogP contribution in [-0.2, 0) is 6.54 Å². The summed E-state index contributed by atoms with van der Waals surface area (Å²) < 4.78 is 5.15. The van der Waals surface area contributed by atoms with Gasteiger partial charge in [0.1, 0.15) is 0 Å². The fourth-order valence-electron chi connectivity index (χ4n) is 2.99. The fraction of sp³-hybridized carbons (Fsp3) is 0.471. The highest BCUT2D eigenvalue weighted by Gasteiger charge is 2.23. The lowest BCUT2D eigenvalue weighted by Gasteiger charge is -2.34. The van der Waals surface area contributed by atoms with Crippen molar-refractivity contribution in [2.24, 2.45) is 0 Å². The fourth-order valence-corrected chi connectivity index (χ4v) is 2.99. The number of carbonyl (C=O) groups excluding carboxylic acids is 1. The Hall–Kier alpha value is -2.21. The second-order valence-corrected chi connectivity index (χ2v) is 6.18. The van der Waals surface area contributed by atoms with Crippen molar-refractivity contribution < 1.29 is 9.32 Å². The highest BCUT2D eigenvalue weighted by Crippen LogP contribution is 2.14. The lowest BCUT2D eigenvalue weighted by atomic mass is 10.1. The van der Waals surface area contributed by atoms with Gasteiger partial charge < -0.3 is 9.42 Å². The zero-order valence-corrected chi connectivity index (χ0v) is 13.9. The van der Waals surface area contributed by atoms with E-state index in [1.807, 2.05) is 37.8 Å². The molecule has 1 aromatic heterocycles. The van der Waals surface area contributed by atoms with Gasteiger partial charge in [0.15, 0.2) is 5.82 Å². The van der Waals surface area contributed by atoms with Gasteiger partial charge in [0.25, 0.3) is 5.91 Å². The Morgan fingerprint density at radius 2 is 1.74 bits per heavy atom. The van der Waals surface area contributed by atoms with Crippen molar-refractivity contribution >= 4 is 5.91 Å². The molecule has 1 saturated heterocycles. The molecule has 0 bridgehead atoms. The predicted octanol–water partition coefficient (Wildman–Crippen LogP) is 1.95. The van der Waals surface area contributed by atoms with E-state index in [4.69, 9.17) is 4.52 Å². The van der Waals surface area contributed by atoms with Crippen LogP contribution in [0.2, 0.25) is 0 Å². The van der Waals surface area contributed by atoms with E-state index in [9.17, 15) is 4.79 Å². The van der Waals surface area contributed by atoms with Gasteiger partial charge in [0.2, 0.25) is 5.89 Å². The molecule has 6 heteroatoms. The summed E-state index contributed by atoms with van der Waals surface area (Å²) in [6.45, 7) is 9.58. The maximum atomic E-state index is 12.6. The van der Waals surface area contributed by atoms with Gasteiger partial charge in [-0.15, -0.1) is 0 Å². The first-order chi connectivity index (χ1) is 11.0. The zero-order valence-electron chi connectivity index (χ0n) is 13.9. The maximum Gasteiger partial charge on any atom is 0.253 e. The van der Waals surface area contributed by atoms with E-state index in [1.165, 1.54) is 0 Å². The molecule has 0 unspecified atom stereocenters. The Balaban J connectivity index is 1.58. The molecule has 6 nitrogen and oxygen atoms in total. The SMILES string of the molecule is Cc1cc(C)cc(C(=O)N2CCN(Cc3nc(C)no3)CC2)c1. The number of benzene rings is 1. The van der Waals surface area contributed by atoms with Crippen molar-refractivity contribution in [3.63, 3.8) is 0 Å². The largest absolute Gasteiger partial charge is 0.338 e. The van der Waals surface area contributed by atoms with Crippen molar-refractivity contribution in [3.8, 4) is 0 Å². The number of rotatable bonds is 3. The van der Waals surface area contributed by atoms with Gasteiger partial charge in [-0.25, -0.2) is 0 Å². The third kappa shape index (κ3) is 3.76. The summed E-state index contributed by atoms with van der Waals surface area (Å²) in [6.07, 6.45) is 0. The molecule has 1 fully saturated rings. The molecule has 0 atom stereocenters. The maximum absolute atomic E-state index is 12.6. The van der Waals surface area contributed by atoms with E-state index < -0.39 is 0 Å². The number of piperazine rings is 1. The molecule has 0 N–H and O–H groups in total. The minimum absolute atomic E-state index is 0.116. The highest BCUT2D eigenvalue weighted by molar-refractivity contribution is 5.94. The second-order valence-electron chi connectivity index (χ2n) is 6.18. The summed E-state index contributed by atoms with van der Waals surface area (Å²) in [6, 6.07) is 6.01. The monoisotopic (exact) mass is 314 g/mol. The minimum atomic E-state index is 0.116. The van der Waals surface area contributed by atoms with Crippen LogP contribution in [0, 0.1) is 20.8 Å². The third-order valence-electron chi connectivity index (χ3n) is 4.06. The number of carbonyl (C=O) groups is 1. The van der Waals surface area contributed by atoms with Gasteiger partial charge in [0, 0.05) is 31.7 Å². The van der Waals surface area contributed by atoms with E-state index in [0.29, 0.717) is 18.3 Å². The van der Waals surface area contributed by atoms with Crippen molar-refractivity contribution in [2.45, 2.75) is 27.3 Å². The quantitative estimate of drug-likeness (QED) is 0.866. The topological polar surface area (TPSA) is 62.5 Å². The zero-order chi connectivity index (χ0) is 16.4. The molecule has 2 aromatic rings. The molecule has 0 radical (unpaired) electrons. The summed E-state index contributed by atoms with van der Waals surface area (Å²) in [5.41, 5.74) is 3.03. The first kappa shape index (κ1) is 15.7. The molecule has 0 spiro atoms. The minimum Gasteiger partial charge on any atom is -0.338 e. The normalized spacial score (nSPS) is 15.9. The summed E-state index contributed by atoms with van der Waals surface area (Å²) in [5.74, 6) is 1.41. The summed E-state index contributed by atoms with van der Waals surface area (Å²) in [4.78, 5) is 21.0. The predicted molar refractivity (Wildman–Crippen MR) is 86.1 cm³/mol. The van der Waals surface area contributed by atoms with E-state index in [1.54, 1.807) is 0 Å². The Labute approximate surface area is 136 Å². The van der Waals surface area contributed by atoms with Crippen LogP contribution in [0.5, 0.6) is 0 Å². The number of aryl methyl sites for hydroxylation is 3. The van der Waals surface area contributed by atoms with Crippen molar-refractivity contribution in [3.05, 3.63) is 46.6 Å². The molecule has 0 aliphatic carbocycles. The van der Waals surface area contributed by atoms with Crippen LogP contribution in [0.25, 0.3) is 0 Å². The number of amides is 1. The van der Waals surface area contributed by atoms with Crippen molar-refractivity contribution in [1.82, 2.24) is 19.9 Å². The Morgan fingerprint density at radius 3 is 2.30 bits per heavy atom. The number of nitrogens with zero attached hydrogens (tertiary/aromatic N) is 4. The lowest BCUT2D eigenvalue weighted by molar-refractivity contribution is 0.0615. The average Bonchev–Trinajstić information content (AvgIpc) is 2.91. The van der Waals surface area contributed by atoms with Crippen molar-refractivity contribution in [2.75, 3.05) is 26.2 Å². The molecule has 1 aliphatic rings. The first-order valence-corrected chi connectivity index (χ1v) is 7.90. The van der Waals surface area contributed by atoms with Crippen molar-refractivity contribution in [1.29, 1.82) is 0 Å².